The van der Waals surface area contributed by atoms with Gasteiger partial charge < -0.3 is 14.8 Å². The van der Waals surface area contributed by atoms with Crippen LogP contribution in [0.3, 0.4) is 0 Å². The van der Waals surface area contributed by atoms with Crippen molar-refractivity contribution in [2.75, 3.05) is 19.0 Å². The highest BCUT2D eigenvalue weighted by molar-refractivity contribution is 7.85. The average Bonchev–Trinajstić information content (AvgIpc) is 3.05. The fourth-order valence-electron chi connectivity index (χ4n) is 2.84. The van der Waals surface area contributed by atoms with Crippen molar-refractivity contribution in [1.82, 2.24) is 5.32 Å². The molecule has 1 aromatic rings. The number of fused-ring (bicyclic) bond motifs is 1. The Morgan fingerprint density at radius 2 is 1.91 bits per heavy atom. The van der Waals surface area contributed by atoms with E-state index in [0.29, 0.717) is 41.4 Å². The molecule has 1 aliphatic heterocycles. The van der Waals surface area contributed by atoms with E-state index in [2.05, 4.69) is 5.32 Å². The third kappa shape index (κ3) is 3.80. The van der Waals surface area contributed by atoms with Crippen molar-refractivity contribution in [3.8, 4) is 11.5 Å². The van der Waals surface area contributed by atoms with Crippen molar-refractivity contribution in [3.63, 3.8) is 0 Å². The van der Waals surface area contributed by atoms with Crippen LogP contribution in [-0.4, -0.2) is 35.1 Å². The Hall–Kier alpha value is -1.56. The standard InChI is InChI=1S/C16H21NO4S/c18-16(17-12-3-1-2-4-12)7-10-22(19)13-5-6-14-15(11-13)21-9-8-20-14/h5-6,11-12H,1-4,7-10H2,(H,17,18). The fourth-order valence-corrected chi connectivity index (χ4v) is 3.90. The molecule has 1 amide bonds. The fraction of sp³-hybridized carbons (Fsp3) is 0.562. The summed E-state index contributed by atoms with van der Waals surface area (Å²) in [4.78, 5) is 12.6. The van der Waals surface area contributed by atoms with Gasteiger partial charge >= 0.3 is 0 Å². The van der Waals surface area contributed by atoms with Crippen molar-refractivity contribution < 1.29 is 18.5 Å². The quantitative estimate of drug-likeness (QED) is 0.900. The van der Waals surface area contributed by atoms with E-state index in [1.54, 1.807) is 18.2 Å². The first-order valence-electron chi connectivity index (χ1n) is 7.80. The number of nitrogens with one attached hydrogen (secondary N) is 1. The molecule has 1 fully saturated rings. The molecule has 1 aliphatic carbocycles. The predicted molar refractivity (Wildman–Crippen MR) is 83.7 cm³/mol. The first kappa shape index (κ1) is 15.3. The second-order valence-electron chi connectivity index (χ2n) is 5.65. The van der Waals surface area contributed by atoms with E-state index >= 15 is 0 Å². The van der Waals surface area contributed by atoms with E-state index in [1.807, 2.05) is 0 Å². The lowest BCUT2D eigenvalue weighted by molar-refractivity contribution is -0.121. The van der Waals surface area contributed by atoms with Crippen molar-refractivity contribution >= 4 is 16.7 Å². The number of carbonyl (C=O) groups excluding carboxylic acids is 1. The summed E-state index contributed by atoms with van der Waals surface area (Å²) in [5.41, 5.74) is 0. The van der Waals surface area contributed by atoms with Crippen LogP contribution in [0.25, 0.3) is 0 Å². The Morgan fingerprint density at radius 3 is 2.68 bits per heavy atom. The van der Waals surface area contributed by atoms with E-state index in [-0.39, 0.29) is 12.3 Å². The molecule has 6 heteroatoms. The minimum absolute atomic E-state index is 0.00204. The van der Waals surface area contributed by atoms with Gasteiger partial charge in [-0.05, 0) is 25.0 Å². The zero-order valence-corrected chi connectivity index (χ0v) is 13.3. The highest BCUT2D eigenvalue weighted by Gasteiger charge is 2.18. The van der Waals surface area contributed by atoms with Crippen LogP contribution in [0.5, 0.6) is 11.5 Å². The number of benzene rings is 1. The van der Waals surface area contributed by atoms with Crippen LogP contribution >= 0.6 is 0 Å². The molecule has 0 radical (unpaired) electrons. The number of hydrogen-bond acceptors (Lipinski definition) is 4. The SMILES string of the molecule is O=C(CCS(=O)c1ccc2c(c1)OCCO2)NC1CCCC1. The van der Waals surface area contributed by atoms with E-state index in [0.717, 1.165) is 12.8 Å². The van der Waals surface area contributed by atoms with Crippen LogP contribution in [0.2, 0.25) is 0 Å². The molecule has 0 bridgehead atoms. The van der Waals surface area contributed by atoms with Gasteiger partial charge in [-0.15, -0.1) is 0 Å². The maximum Gasteiger partial charge on any atom is 0.221 e. The lowest BCUT2D eigenvalue weighted by Crippen LogP contribution is -2.33. The summed E-state index contributed by atoms with van der Waals surface area (Å²) < 4.78 is 23.2. The van der Waals surface area contributed by atoms with Gasteiger partial charge in [-0.2, -0.15) is 0 Å². The molecule has 1 atom stereocenters. The highest BCUT2D eigenvalue weighted by Crippen LogP contribution is 2.31. The molecular formula is C16H21NO4S. The molecular weight excluding hydrogens is 302 g/mol. The van der Waals surface area contributed by atoms with Crippen LogP contribution in [-0.2, 0) is 15.6 Å². The average molecular weight is 323 g/mol. The van der Waals surface area contributed by atoms with Gasteiger partial charge in [0.2, 0.25) is 5.91 Å². The van der Waals surface area contributed by atoms with Crippen LogP contribution in [0, 0.1) is 0 Å². The normalized spacial score (nSPS) is 18.9. The second kappa shape index (κ2) is 7.13. The molecule has 1 unspecified atom stereocenters. The Bertz CT molecular complexity index is 569. The van der Waals surface area contributed by atoms with Crippen molar-refractivity contribution in [1.29, 1.82) is 0 Å². The van der Waals surface area contributed by atoms with Crippen LogP contribution in [0.15, 0.2) is 23.1 Å². The molecule has 1 heterocycles. The lowest BCUT2D eigenvalue weighted by atomic mass is 10.2. The Kier molecular flexibility index (Phi) is 4.97. The van der Waals surface area contributed by atoms with E-state index < -0.39 is 10.8 Å². The van der Waals surface area contributed by atoms with Crippen molar-refractivity contribution in [3.05, 3.63) is 18.2 Å². The number of hydrogen-bond donors (Lipinski definition) is 1. The minimum Gasteiger partial charge on any atom is -0.486 e. The Labute approximate surface area is 132 Å². The van der Waals surface area contributed by atoms with Crippen LogP contribution < -0.4 is 14.8 Å². The van der Waals surface area contributed by atoms with E-state index in [4.69, 9.17) is 9.47 Å². The number of amides is 1. The summed E-state index contributed by atoms with van der Waals surface area (Å²) in [6.07, 6.45) is 4.80. The molecule has 2 aliphatic rings. The van der Waals surface area contributed by atoms with Crippen molar-refractivity contribution in [2.24, 2.45) is 0 Å². The lowest BCUT2D eigenvalue weighted by Gasteiger charge is -2.18. The smallest absolute Gasteiger partial charge is 0.221 e. The zero-order chi connectivity index (χ0) is 15.4. The Morgan fingerprint density at radius 1 is 1.18 bits per heavy atom. The maximum atomic E-state index is 12.3. The van der Waals surface area contributed by atoms with Gasteiger partial charge in [0.25, 0.3) is 0 Å². The molecule has 1 N–H and O–H groups in total. The van der Waals surface area contributed by atoms with Gasteiger partial charge in [-0.3, -0.25) is 9.00 Å². The number of rotatable bonds is 5. The third-order valence-corrected chi connectivity index (χ3v) is 5.37. The summed E-state index contributed by atoms with van der Waals surface area (Å²) in [6.45, 7) is 1.05. The monoisotopic (exact) mass is 323 g/mol. The van der Waals surface area contributed by atoms with Gasteiger partial charge in [-0.25, -0.2) is 0 Å². The van der Waals surface area contributed by atoms with E-state index in [1.165, 1.54) is 12.8 Å². The molecule has 0 saturated heterocycles. The Balaban J connectivity index is 1.52. The molecule has 3 rings (SSSR count). The topological polar surface area (TPSA) is 64.6 Å². The molecule has 1 saturated carbocycles. The van der Waals surface area contributed by atoms with E-state index in [9.17, 15) is 9.00 Å². The summed E-state index contributed by atoms with van der Waals surface area (Å²) >= 11 is 0. The summed E-state index contributed by atoms with van der Waals surface area (Å²) in [5.74, 6) is 1.65. The summed E-state index contributed by atoms with van der Waals surface area (Å²) in [7, 11) is -1.20. The summed E-state index contributed by atoms with van der Waals surface area (Å²) in [6, 6.07) is 5.62. The third-order valence-electron chi connectivity index (χ3n) is 4.01. The maximum absolute atomic E-state index is 12.3. The van der Waals surface area contributed by atoms with Gasteiger partial charge in [0, 0.05) is 29.2 Å². The summed E-state index contributed by atoms with van der Waals surface area (Å²) in [5, 5.41) is 3.02. The largest absolute Gasteiger partial charge is 0.486 e. The number of carbonyl (C=O) groups is 1. The molecule has 22 heavy (non-hydrogen) atoms. The van der Waals surface area contributed by atoms with Crippen LogP contribution in [0.1, 0.15) is 32.1 Å². The number of ether oxygens (including phenoxy) is 2. The van der Waals surface area contributed by atoms with Gasteiger partial charge in [-0.1, -0.05) is 12.8 Å². The molecule has 1 aromatic carbocycles. The highest BCUT2D eigenvalue weighted by atomic mass is 32.2. The molecule has 0 spiro atoms. The van der Waals surface area contributed by atoms with Crippen molar-refractivity contribution in [2.45, 2.75) is 43.0 Å². The molecule has 120 valence electrons. The zero-order valence-electron chi connectivity index (χ0n) is 12.5. The van der Waals surface area contributed by atoms with Crippen LogP contribution in [0.4, 0.5) is 0 Å². The molecule has 5 nitrogen and oxygen atoms in total. The van der Waals surface area contributed by atoms with Gasteiger partial charge in [0.05, 0.1) is 10.8 Å². The predicted octanol–water partition coefficient (Wildman–Crippen LogP) is 2.01. The van der Waals surface area contributed by atoms with Gasteiger partial charge in [0.1, 0.15) is 13.2 Å². The minimum atomic E-state index is -1.20. The first-order chi connectivity index (χ1) is 10.7. The van der Waals surface area contributed by atoms with Gasteiger partial charge in [0.15, 0.2) is 11.5 Å². The second-order valence-corrected chi connectivity index (χ2v) is 7.22. The first-order valence-corrected chi connectivity index (χ1v) is 9.11. The molecule has 0 aromatic heterocycles.